The first-order valence-corrected chi connectivity index (χ1v) is 13.2. The second kappa shape index (κ2) is 10.9. The summed E-state index contributed by atoms with van der Waals surface area (Å²) in [5, 5.41) is 12.6. The summed E-state index contributed by atoms with van der Waals surface area (Å²) in [6.07, 6.45) is -1.37. The van der Waals surface area contributed by atoms with Gasteiger partial charge < -0.3 is 24.8 Å². The van der Waals surface area contributed by atoms with Gasteiger partial charge in [-0.15, -0.1) is 0 Å². The summed E-state index contributed by atoms with van der Waals surface area (Å²) in [4.78, 5) is 15.7. The monoisotopic (exact) mass is 529 g/mol. The van der Waals surface area contributed by atoms with Crippen molar-refractivity contribution in [3.63, 3.8) is 0 Å². The smallest absolute Gasteiger partial charge is 0.418 e. The molecule has 5 rings (SSSR count). The molecule has 3 aliphatic heterocycles. The Kier molecular flexibility index (Phi) is 7.63. The van der Waals surface area contributed by atoms with Gasteiger partial charge in [-0.3, -0.25) is 0 Å². The van der Waals surface area contributed by atoms with Crippen molar-refractivity contribution in [3.8, 4) is 12.1 Å². The Bertz CT molecular complexity index is 1200. The zero-order chi connectivity index (χ0) is 26.9. The number of likely N-dealkylation sites (N-methyl/N-ethyl adjacent to an activating group) is 1. The maximum atomic E-state index is 14.0. The third kappa shape index (κ3) is 5.52. The number of benzene rings is 1. The van der Waals surface area contributed by atoms with Crippen LogP contribution < -0.4 is 19.9 Å². The van der Waals surface area contributed by atoms with E-state index < -0.39 is 11.7 Å². The van der Waals surface area contributed by atoms with Crippen LogP contribution in [0.3, 0.4) is 0 Å². The minimum atomic E-state index is -4.45. The zero-order valence-corrected chi connectivity index (χ0v) is 21.9. The van der Waals surface area contributed by atoms with E-state index in [9.17, 15) is 18.4 Å². The van der Waals surface area contributed by atoms with Gasteiger partial charge in [-0.25, -0.2) is 0 Å². The van der Waals surface area contributed by atoms with Crippen LogP contribution in [0.4, 0.5) is 24.7 Å². The third-order valence-corrected chi connectivity index (χ3v) is 7.87. The zero-order valence-electron chi connectivity index (χ0n) is 21.9. The molecule has 2 aromatic rings. The average molecular weight is 530 g/mol. The number of fused-ring (bicyclic) bond motifs is 1. The van der Waals surface area contributed by atoms with Crippen LogP contribution in [0, 0.1) is 18.3 Å². The third-order valence-electron chi connectivity index (χ3n) is 7.87. The molecule has 1 aromatic heterocycles. The number of anilines is 2. The Morgan fingerprint density at radius 1 is 1.18 bits per heavy atom. The number of halogens is 3. The van der Waals surface area contributed by atoms with Crippen molar-refractivity contribution < 1.29 is 17.9 Å². The summed E-state index contributed by atoms with van der Waals surface area (Å²) < 4.78 is 48.1. The van der Waals surface area contributed by atoms with Crippen LogP contribution in [0.2, 0.25) is 0 Å². The molecule has 38 heavy (non-hydrogen) atoms. The predicted molar refractivity (Wildman–Crippen MR) is 138 cm³/mol. The van der Waals surface area contributed by atoms with Gasteiger partial charge in [-0.05, 0) is 51.4 Å². The van der Waals surface area contributed by atoms with Gasteiger partial charge in [0, 0.05) is 49.5 Å². The van der Waals surface area contributed by atoms with Crippen molar-refractivity contribution in [1.29, 1.82) is 5.26 Å². The van der Waals surface area contributed by atoms with Crippen LogP contribution in [-0.2, 0) is 19.1 Å². The van der Waals surface area contributed by atoms with E-state index >= 15 is 0 Å². The van der Waals surface area contributed by atoms with Gasteiger partial charge in [0.2, 0.25) is 0 Å². The Labute approximate surface area is 221 Å². The summed E-state index contributed by atoms with van der Waals surface area (Å²) >= 11 is 0. The normalized spacial score (nSPS) is 22.3. The van der Waals surface area contributed by atoms with Crippen molar-refractivity contribution in [3.05, 3.63) is 40.6 Å². The molecular weight excluding hydrogens is 495 g/mol. The molecule has 0 amide bonds. The summed E-state index contributed by atoms with van der Waals surface area (Å²) in [6.45, 7) is 5.72. The molecule has 0 unspecified atom stereocenters. The van der Waals surface area contributed by atoms with E-state index in [2.05, 4.69) is 28.2 Å². The number of aryl methyl sites for hydroxylation is 1. The fourth-order valence-electron chi connectivity index (χ4n) is 5.83. The number of nitriles is 1. The number of nitrogens with zero attached hydrogens (tertiary/aromatic N) is 6. The Hall–Kier alpha value is -3.10. The fraction of sp³-hybridized carbons (Fsp3) is 0.593. The lowest BCUT2D eigenvalue weighted by Gasteiger charge is -2.38. The van der Waals surface area contributed by atoms with Gasteiger partial charge >= 0.3 is 12.2 Å². The number of hydrogen-bond acceptors (Lipinski definition) is 8. The molecule has 0 saturated carbocycles. The van der Waals surface area contributed by atoms with E-state index in [4.69, 9.17) is 14.7 Å². The second-order valence-corrected chi connectivity index (χ2v) is 10.4. The highest BCUT2D eigenvalue weighted by Crippen LogP contribution is 2.41. The Morgan fingerprint density at radius 2 is 2.03 bits per heavy atom. The molecule has 1 N–H and O–H groups in total. The highest BCUT2D eigenvalue weighted by molar-refractivity contribution is 5.61. The maximum Gasteiger partial charge on any atom is 0.418 e. The van der Waals surface area contributed by atoms with Crippen molar-refractivity contribution in [2.24, 2.45) is 0 Å². The van der Waals surface area contributed by atoms with E-state index in [-0.39, 0.29) is 35.9 Å². The number of likely N-dealkylation sites (tertiary alicyclic amines) is 1. The first-order valence-electron chi connectivity index (χ1n) is 13.2. The molecule has 0 spiro atoms. The summed E-state index contributed by atoms with van der Waals surface area (Å²) in [6, 6.07) is 7.52. The molecule has 0 bridgehead atoms. The van der Waals surface area contributed by atoms with E-state index in [1.807, 2.05) is 0 Å². The van der Waals surface area contributed by atoms with Crippen molar-refractivity contribution in [2.75, 3.05) is 56.2 Å². The van der Waals surface area contributed by atoms with E-state index in [1.54, 1.807) is 17.0 Å². The lowest BCUT2D eigenvalue weighted by molar-refractivity contribution is -0.137. The molecule has 2 fully saturated rings. The lowest BCUT2D eigenvalue weighted by atomic mass is 10.00. The largest absolute Gasteiger partial charge is 0.462 e. The predicted octanol–water partition coefficient (Wildman–Crippen LogP) is 3.53. The molecule has 2 saturated heterocycles. The van der Waals surface area contributed by atoms with Gasteiger partial charge in [0.15, 0.2) is 0 Å². The van der Waals surface area contributed by atoms with E-state index in [0.717, 1.165) is 43.9 Å². The Morgan fingerprint density at radius 3 is 2.76 bits per heavy atom. The summed E-state index contributed by atoms with van der Waals surface area (Å²) in [5.74, 6) is 0.772. The highest BCUT2D eigenvalue weighted by Gasteiger charge is 2.38. The van der Waals surface area contributed by atoms with Crippen molar-refractivity contribution >= 4 is 11.5 Å². The van der Waals surface area contributed by atoms with Crippen LogP contribution in [0.1, 0.15) is 41.6 Å². The topological polar surface area (TPSA) is 80.6 Å². The first-order chi connectivity index (χ1) is 18.2. The second-order valence-electron chi connectivity index (χ2n) is 10.4. The van der Waals surface area contributed by atoms with Crippen LogP contribution in [0.15, 0.2) is 18.2 Å². The van der Waals surface area contributed by atoms with Gasteiger partial charge in [-0.2, -0.15) is 28.4 Å². The van der Waals surface area contributed by atoms with E-state index in [0.29, 0.717) is 38.2 Å². The fourth-order valence-corrected chi connectivity index (χ4v) is 5.83. The van der Waals surface area contributed by atoms with Crippen LogP contribution in [-0.4, -0.2) is 73.3 Å². The maximum absolute atomic E-state index is 14.0. The molecule has 0 aliphatic carbocycles. The van der Waals surface area contributed by atoms with Gasteiger partial charge in [0.05, 0.1) is 30.3 Å². The van der Waals surface area contributed by atoms with Crippen LogP contribution in [0.25, 0.3) is 0 Å². The Balaban J connectivity index is 1.47. The van der Waals surface area contributed by atoms with Crippen LogP contribution >= 0.6 is 0 Å². The summed E-state index contributed by atoms with van der Waals surface area (Å²) in [5.41, 5.74) is 1.43. The minimum absolute atomic E-state index is 0.0256. The first kappa shape index (κ1) is 26.5. The number of alkyl halides is 3. The molecular formula is C27H34F3N7O. The number of hydrogen-bond donors (Lipinski definition) is 1. The van der Waals surface area contributed by atoms with Gasteiger partial charge in [0.1, 0.15) is 12.4 Å². The molecule has 1 aromatic carbocycles. The standard InChI is InChI=1S/C27H34F3N7O/c1-18-5-3-7-23(24(18)27(28,29)30)36-13-9-21-22(16-36)33-26(38-17-20-6-4-12-35(20)2)34-25(21)37-14-11-32-19(15-37)8-10-31/h3,5,7,19-20,32H,4,6,8-9,11-17H2,1-2H3/t19-,20-/m0/s1. The number of piperazine rings is 1. The average Bonchev–Trinajstić information content (AvgIpc) is 3.30. The molecule has 3 aliphatic rings. The number of nitrogens with one attached hydrogen (secondary N) is 1. The number of ether oxygens (including phenoxy) is 1. The van der Waals surface area contributed by atoms with Gasteiger partial charge in [-0.1, -0.05) is 12.1 Å². The van der Waals surface area contributed by atoms with E-state index in [1.165, 1.54) is 13.0 Å². The quantitative estimate of drug-likeness (QED) is 0.609. The minimum Gasteiger partial charge on any atom is -0.462 e. The number of rotatable bonds is 6. The van der Waals surface area contributed by atoms with Crippen molar-refractivity contribution in [2.45, 2.75) is 57.4 Å². The number of aromatic nitrogens is 2. The molecule has 2 atom stereocenters. The van der Waals surface area contributed by atoms with Crippen LogP contribution in [0.5, 0.6) is 6.01 Å². The van der Waals surface area contributed by atoms with Crippen molar-refractivity contribution in [1.82, 2.24) is 20.2 Å². The van der Waals surface area contributed by atoms with Gasteiger partial charge in [0.25, 0.3) is 0 Å². The lowest BCUT2D eigenvalue weighted by Crippen LogP contribution is -2.51. The molecule has 11 heteroatoms. The summed E-state index contributed by atoms with van der Waals surface area (Å²) in [7, 11) is 2.08. The molecule has 204 valence electrons. The highest BCUT2D eigenvalue weighted by atomic mass is 19.4. The SMILES string of the molecule is Cc1cccc(N2CCc3c(nc(OC[C@@H]4CCCN4C)nc3N3CCN[C@@H](CC#N)C3)C2)c1C(F)(F)F. The molecule has 4 heterocycles. The molecule has 0 radical (unpaired) electrons. The molecule has 8 nitrogen and oxygen atoms in total.